The van der Waals surface area contributed by atoms with Gasteiger partial charge in [0.15, 0.2) is 0 Å². The Morgan fingerprint density at radius 2 is 1.74 bits per heavy atom. The van der Waals surface area contributed by atoms with Crippen molar-refractivity contribution in [2.24, 2.45) is 0 Å². The molecule has 3 aromatic rings. The van der Waals surface area contributed by atoms with E-state index in [-0.39, 0.29) is 17.6 Å². The van der Waals surface area contributed by atoms with E-state index in [9.17, 15) is 14.0 Å². The van der Waals surface area contributed by atoms with Gasteiger partial charge in [-0.05, 0) is 81.3 Å². The molecule has 1 fully saturated rings. The van der Waals surface area contributed by atoms with E-state index in [0.29, 0.717) is 17.3 Å². The molecule has 2 amide bonds. The SMILES string of the molecule is Cc1nn(-c2ccc(F)cc2)c(C)c1/C=C/C(=O)Nc1ccc(C(=O)NC2CC2)cc1. The van der Waals surface area contributed by atoms with E-state index in [0.717, 1.165) is 35.5 Å². The predicted octanol–water partition coefficient (Wildman–Crippen LogP) is 4.17. The van der Waals surface area contributed by atoms with E-state index >= 15 is 0 Å². The fourth-order valence-corrected chi connectivity index (χ4v) is 3.27. The minimum Gasteiger partial charge on any atom is -0.349 e. The van der Waals surface area contributed by atoms with Gasteiger partial charge in [-0.25, -0.2) is 9.07 Å². The molecular formula is C24H23FN4O2. The topological polar surface area (TPSA) is 76.0 Å². The Balaban J connectivity index is 1.42. The zero-order chi connectivity index (χ0) is 22.0. The fraction of sp³-hybridized carbons (Fsp3) is 0.208. The third-order valence-corrected chi connectivity index (χ3v) is 5.15. The number of nitrogens with zero attached hydrogens (tertiary/aromatic N) is 2. The molecule has 1 aromatic heterocycles. The molecule has 7 heteroatoms. The molecule has 0 atom stereocenters. The number of hydrogen-bond donors (Lipinski definition) is 2. The van der Waals surface area contributed by atoms with Crippen LogP contribution in [0, 0.1) is 19.7 Å². The Hall–Kier alpha value is -3.74. The quantitative estimate of drug-likeness (QED) is 0.590. The number of halogens is 1. The van der Waals surface area contributed by atoms with Crippen LogP contribution in [0.5, 0.6) is 0 Å². The van der Waals surface area contributed by atoms with Crippen LogP contribution in [0.3, 0.4) is 0 Å². The summed E-state index contributed by atoms with van der Waals surface area (Å²) in [5.74, 6) is -0.688. The number of aromatic nitrogens is 2. The fourth-order valence-electron chi connectivity index (χ4n) is 3.27. The Bertz CT molecular complexity index is 1140. The minimum atomic E-state index is -0.307. The summed E-state index contributed by atoms with van der Waals surface area (Å²) in [7, 11) is 0. The molecule has 1 saturated carbocycles. The Labute approximate surface area is 179 Å². The summed E-state index contributed by atoms with van der Waals surface area (Å²) in [6.45, 7) is 3.75. The van der Waals surface area contributed by atoms with Crippen LogP contribution in [-0.4, -0.2) is 27.6 Å². The number of hydrogen-bond acceptors (Lipinski definition) is 3. The van der Waals surface area contributed by atoms with Crippen molar-refractivity contribution in [3.8, 4) is 5.69 Å². The molecule has 31 heavy (non-hydrogen) atoms. The molecule has 158 valence electrons. The third-order valence-electron chi connectivity index (χ3n) is 5.15. The van der Waals surface area contributed by atoms with Crippen molar-refractivity contribution in [2.75, 3.05) is 5.32 Å². The highest BCUT2D eigenvalue weighted by Crippen LogP contribution is 2.21. The van der Waals surface area contributed by atoms with Gasteiger partial charge in [-0.15, -0.1) is 0 Å². The van der Waals surface area contributed by atoms with E-state index in [1.54, 1.807) is 47.2 Å². The maximum Gasteiger partial charge on any atom is 0.251 e. The summed E-state index contributed by atoms with van der Waals surface area (Å²) in [6, 6.07) is 13.2. The summed E-state index contributed by atoms with van der Waals surface area (Å²) in [4.78, 5) is 24.4. The van der Waals surface area contributed by atoms with Gasteiger partial charge in [0.2, 0.25) is 5.91 Å². The molecule has 0 radical (unpaired) electrons. The van der Waals surface area contributed by atoms with Crippen LogP contribution < -0.4 is 10.6 Å². The molecule has 6 nitrogen and oxygen atoms in total. The van der Waals surface area contributed by atoms with Crippen molar-refractivity contribution in [1.82, 2.24) is 15.1 Å². The lowest BCUT2D eigenvalue weighted by Crippen LogP contribution is -2.25. The monoisotopic (exact) mass is 418 g/mol. The van der Waals surface area contributed by atoms with Gasteiger partial charge in [0, 0.05) is 34.6 Å². The predicted molar refractivity (Wildman–Crippen MR) is 118 cm³/mol. The molecule has 2 aromatic carbocycles. The summed E-state index contributed by atoms with van der Waals surface area (Å²) in [5, 5.41) is 10.2. The molecule has 0 saturated heterocycles. The number of anilines is 1. The second-order valence-electron chi connectivity index (χ2n) is 7.62. The summed E-state index contributed by atoms with van der Waals surface area (Å²) in [6.07, 6.45) is 5.23. The number of rotatable bonds is 6. The van der Waals surface area contributed by atoms with Crippen molar-refractivity contribution in [3.05, 3.63) is 82.9 Å². The molecule has 1 aliphatic carbocycles. The van der Waals surface area contributed by atoms with Crippen LogP contribution in [-0.2, 0) is 4.79 Å². The molecular weight excluding hydrogens is 395 g/mol. The molecule has 1 aliphatic rings. The van der Waals surface area contributed by atoms with E-state index in [4.69, 9.17) is 0 Å². The van der Waals surface area contributed by atoms with Gasteiger partial charge in [-0.2, -0.15) is 5.10 Å². The minimum absolute atomic E-state index is 0.0932. The number of carbonyl (C=O) groups excluding carboxylic acids is 2. The first-order valence-electron chi connectivity index (χ1n) is 10.1. The highest BCUT2D eigenvalue weighted by atomic mass is 19.1. The molecule has 0 spiro atoms. The average molecular weight is 418 g/mol. The van der Waals surface area contributed by atoms with Crippen LogP contribution in [0.15, 0.2) is 54.6 Å². The molecule has 0 unspecified atom stereocenters. The molecule has 0 bridgehead atoms. The molecule has 2 N–H and O–H groups in total. The van der Waals surface area contributed by atoms with Crippen LogP contribution in [0.25, 0.3) is 11.8 Å². The first kappa shape index (κ1) is 20.5. The zero-order valence-electron chi connectivity index (χ0n) is 17.4. The van der Waals surface area contributed by atoms with Crippen LogP contribution in [0.1, 0.15) is 40.2 Å². The van der Waals surface area contributed by atoms with Crippen molar-refractivity contribution >= 4 is 23.6 Å². The van der Waals surface area contributed by atoms with E-state index < -0.39 is 0 Å². The van der Waals surface area contributed by atoms with Crippen LogP contribution in [0.2, 0.25) is 0 Å². The van der Waals surface area contributed by atoms with Gasteiger partial charge in [-0.1, -0.05) is 0 Å². The standard InChI is InChI=1S/C24H23FN4O2/c1-15-22(16(2)29(28-15)21-11-5-18(25)6-12-21)13-14-23(30)26-19-7-3-17(4-8-19)24(31)27-20-9-10-20/h3-8,11-14,20H,9-10H2,1-2H3,(H,26,30)(H,27,31)/b14-13+. The maximum absolute atomic E-state index is 13.2. The van der Waals surface area contributed by atoms with Gasteiger partial charge in [0.05, 0.1) is 11.4 Å². The second-order valence-corrected chi connectivity index (χ2v) is 7.62. The smallest absolute Gasteiger partial charge is 0.251 e. The number of benzene rings is 2. The second kappa shape index (κ2) is 8.55. The van der Waals surface area contributed by atoms with Crippen molar-refractivity contribution < 1.29 is 14.0 Å². The van der Waals surface area contributed by atoms with Gasteiger partial charge in [0.25, 0.3) is 5.91 Å². The third kappa shape index (κ3) is 4.88. The van der Waals surface area contributed by atoms with Gasteiger partial charge >= 0.3 is 0 Å². The molecule has 0 aliphatic heterocycles. The number of aryl methyl sites for hydroxylation is 1. The summed E-state index contributed by atoms with van der Waals surface area (Å²) < 4.78 is 14.9. The highest BCUT2D eigenvalue weighted by Gasteiger charge is 2.23. The molecule has 1 heterocycles. The maximum atomic E-state index is 13.2. The molecule has 4 rings (SSSR count). The van der Waals surface area contributed by atoms with Gasteiger partial charge in [0.1, 0.15) is 5.82 Å². The summed E-state index contributed by atoms with van der Waals surface area (Å²) in [5.41, 5.74) is 4.35. The normalized spacial score (nSPS) is 13.4. The van der Waals surface area contributed by atoms with Gasteiger partial charge < -0.3 is 10.6 Å². The summed E-state index contributed by atoms with van der Waals surface area (Å²) >= 11 is 0. The number of amides is 2. The zero-order valence-corrected chi connectivity index (χ0v) is 17.4. The van der Waals surface area contributed by atoms with Gasteiger partial charge in [-0.3, -0.25) is 9.59 Å². The first-order valence-corrected chi connectivity index (χ1v) is 10.1. The van der Waals surface area contributed by atoms with Crippen molar-refractivity contribution in [3.63, 3.8) is 0 Å². The van der Waals surface area contributed by atoms with Crippen molar-refractivity contribution in [2.45, 2.75) is 32.7 Å². The number of nitrogens with one attached hydrogen (secondary N) is 2. The average Bonchev–Trinajstić information content (AvgIpc) is 3.52. The van der Waals surface area contributed by atoms with Crippen molar-refractivity contribution in [1.29, 1.82) is 0 Å². The lowest BCUT2D eigenvalue weighted by atomic mass is 10.1. The van der Waals surface area contributed by atoms with E-state index in [2.05, 4.69) is 15.7 Å². The Kier molecular flexibility index (Phi) is 5.66. The highest BCUT2D eigenvalue weighted by molar-refractivity contribution is 6.02. The van der Waals surface area contributed by atoms with E-state index in [1.165, 1.54) is 18.2 Å². The van der Waals surface area contributed by atoms with Crippen LogP contribution in [0.4, 0.5) is 10.1 Å². The Morgan fingerprint density at radius 3 is 2.39 bits per heavy atom. The largest absolute Gasteiger partial charge is 0.349 e. The lowest BCUT2D eigenvalue weighted by molar-refractivity contribution is -0.111. The first-order chi connectivity index (χ1) is 14.9. The van der Waals surface area contributed by atoms with E-state index in [1.807, 2.05) is 13.8 Å². The lowest BCUT2D eigenvalue weighted by Gasteiger charge is -2.06. The Morgan fingerprint density at radius 1 is 1.06 bits per heavy atom. The number of carbonyl (C=O) groups is 2. The van der Waals surface area contributed by atoms with Crippen LogP contribution >= 0.6 is 0 Å².